The summed E-state index contributed by atoms with van der Waals surface area (Å²) >= 11 is 0. The van der Waals surface area contributed by atoms with E-state index in [-0.39, 0.29) is 17.3 Å². The molecule has 0 bridgehead atoms. The van der Waals surface area contributed by atoms with Crippen molar-refractivity contribution in [1.82, 2.24) is 9.38 Å². The van der Waals surface area contributed by atoms with E-state index in [0.717, 1.165) is 23.4 Å². The normalized spacial score (nSPS) is 18.1. The number of pyridine rings is 1. The first-order valence-electron chi connectivity index (χ1n) is 7.88. The van der Waals surface area contributed by atoms with Crippen molar-refractivity contribution >= 4 is 17.4 Å². The van der Waals surface area contributed by atoms with Crippen molar-refractivity contribution in [3.8, 4) is 0 Å². The van der Waals surface area contributed by atoms with Gasteiger partial charge < -0.3 is 14.7 Å². The molecule has 4 rings (SSSR count). The second kappa shape index (κ2) is 5.55. The van der Waals surface area contributed by atoms with Gasteiger partial charge in [-0.05, 0) is 30.4 Å². The van der Waals surface area contributed by atoms with Crippen LogP contribution in [-0.4, -0.2) is 46.8 Å². The standard InChI is InChI=1S/C16H16FN3O4/c17-12-8-20-13(18-14(12)19-3-5-24-6-4-19)10(9-1-2-9)7-11(15(20)21)16(22)23/h7-9H,1-6H2,(H,22,23). The van der Waals surface area contributed by atoms with Crippen molar-refractivity contribution in [3.63, 3.8) is 0 Å². The maximum atomic E-state index is 14.5. The molecule has 1 saturated heterocycles. The van der Waals surface area contributed by atoms with Crippen LogP contribution < -0.4 is 10.5 Å². The minimum atomic E-state index is -1.31. The fourth-order valence-electron chi connectivity index (χ4n) is 3.05. The van der Waals surface area contributed by atoms with Gasteiger partial charge in [0.05, 0.1) is 19.4 Å². The van der Waals surface area contributed by atoms with Gasteiger partial charge in [0.1, 0.15) is 11.2 Å². The van der Waals surface area contributed by atoms with Gasteiger partial charge in [-0.1, -0.05) is 0 Å². The molecule has 7 nitrogen and oxygen atoms in total. The Labute approximate surface area is 136 Å². The number of carbonyl (C=O) groups is 1. The number of carboxylic acids is 1. The highest BCUT2D eigenvalue weighted by atomic mass is 19.1. The molecule has 0 atom stereocenters. The van der Waals surface area contributed by atoms with Gasteiger partial charge in [0.15, 0.2) is 11.6 Å². The molecule has 1 saturated carbocycles. The maximum absolute atomic E-state index is 14.5. The van der Waals surface area contributed by atoms with Gasteiger partial charge in [0.25, 0.3) is 5.56 Å². The highest BCUT2D eigenvalue weighted by Crippen LogP contribution is 2.41. The minimum Gasteiger partial charge on any atom is -0.477 e. The summed E-state index contributed by atoms with van der Waals surface area (Å²) in [5.41, 5.74) is -0.0755. The molecular weight excluding hydrogens is 317 g/mol. The van der Waals surface area contributed by atoms with Crippen molar-refractivity contribution < 1.29 is 19.0 Å². The molecule has 0 aromatic carbocycles. The van der Waals surface area contributed by atoms with Crippen LogP contribution in [0.5, 0.6) is 0 Å². The van der Waals surface area contributed by atoms with E-state index in [1.165, 1.54) is 6.07 Å². The van der Waals surface area contributed by atoms with E-state index in [4.69, 9.17) is 4.74 Å². The zero-order valence-electron chi connectivity index (χ0n) is 12.9. The van der Waals surface area contributed by atoms with Crippen LogP contribution in [0.1, 0.15) is 34.7 Å². The fraction of sp³-hybridized carbons (Fsp3) is 0.438. The molecule has 2 fully saturated rings. The number of aromatic carboxylic acids is 1. The van der Waals surface area contributed by atoms with Gasteiger partial charge in [0.2, 0.25) is 0 Å². The molecule has 0 radical (unpaired) electrons. The van der Waals surface area contributed by atoms with E-state index < -0.39 is 17.3 Å². The van der Waals surface area contributed by atoms with Crippen molar-refractivity contribution in [2.24, 2.45) is 0 Å². The summed E-state index contributed by atoms with van der Waals surface area (Å²) in [7, 11) is 0. The monoisotopic (exact) mass is 333 g/mol. The van der Waals surface area contributed by atoms with Crippen LogP contribution in [0.4, 0.5) is 10.2 Å². The fourth-order valence-corrected chi connectivity index (χ4v) is 3.05. The average molecular weight is 333 g/mol. The van der Waals surface area contributed by atoms with Crippen LogP contribution in [0.25, 0.3) is 5.65 Å². The van der Waals surface area contributed by atoms with Crippen LogP contribution in [-0.2, 0) is 4.74 Å². The topological polar surface area (TPSA) is 84.1 Å². The average Bonchev–Trinajstić information content (AvgIpc) is 3.40. The van der Waals surface area contributed by atoms with E-state index in [2.05, 4.69) is 4.98 Å². The van der Waals surface area contributed by atoms with Gasteiger partial charge >= 0.3 is 5.97 Å². The third-order valence-corrected chi connectivity index (χ3v) is 4.46. The molecule has 2 aliphatic rings. The first kappa shape index (κ1) is 15.1. The number of carboxylic acid groups (broad SMARTS) is 1. The zero-order chi connectivity index (χ0) is 16.8. The quantitative estimate of drug-likeness (QED) is 0.910. The smallest absolute Gasteiger partial charge is 0.341 e. The van der Waals surface area contributed by atoms with E-state index in [1.54, 1.807) is 4.90 Å². The summed E-state index contributed by atoms with van der Waals surface area (Å²) in [6.07, 6.45) is 2.88. The highest BCUT2D eigenvalue weighted by Gasteiger charge is 2.30. The van der Waals surface area contributed by atoms with Crippen LogP contribution in [0, 0.1) is 5.82 Å². The summed E-state index contributed by atoms with van der Waals surface area (Å²) in [6.45, 7) is 2.03. The lowest BCUT2D eigenvalue weighted by molar-refractivity contribution is 0.0694. The molecule has 0 amide bonds. The van der Waals surface area contributed by atoms with Gasteiger partial charge in [-0.3, -0.25) is 9.20 Å². The van der Waals surface area contributed by atoms with Crippen LogP contribution in [0.3, 0.4) is 0 Å². The maximum Gasteiger partial charge on any atom is 0.341 e. The SMILES string of the molecule is O=C(O)c1cc(C2CC2)c2nc(N3CCOCC3)c(F)cn2c1=O. The Morgan fingerprint density at radius 3 is 2.67 bits per heavy atom. The third kappa shape index (κ3) is 2.43. The van der Waals surface area contributed by atoms with Gasteiger partial charge in [-0.15, -0.1) is 0 Å². The van der Waals surface area contributed by atoms with E-state index >= 15 is 0 Å². The van der Waals surface area contributed by atoms with Gasteiger partial charge in [-0.2, -0.15) is 0 Å². The predicted molar refractivity (Wildman–Crippen MR) is 83.4 cm³/mol. The second-order valence-electron chi connectivity index (χ2n) is 6.10. The number of hydrogen-bond donors (Lipinski definition) is 1. The summed E-state index contributed by atoms with van der Waals surface area (Å²) in [6, 6.07) is 1.39. The zero-order valence-corrected chi connectivity index (χ0v) is 12.9. The lowest BCUT2D eigenvalue weighted by Gasteiger charge is -2.28. The Bertz CT molecular complexity index is 885. The largest absolute Gasteiger partial charge is 0.477 e. The number of rotatable bonds is 3. The summed E-state index contributed by atoms with van der Waals surface area (Å²) in [5, 5.41) is 9.23. The van der Waals surface area contributed by atoms with Crippen molar-refractivity contribution in [2.75, 3.05) is 31.2 Å². The Hall–Kier alpha value is -2.48. The Balaban J connectivity index is 1.95. The molecule has 126 valence electrons. The molecule has 2 aromatic rings. The predicted octanol–water partition coefficient (Wildman–Crippen LogP) is 1.25. The van der Waals surface area contributed by atoms with Gasteiger partial charge in [0, 0.05) is 13.1 Å². The molecule has 1 aliphatic heterocycles. The van der Waals surface area contributed by atoms with Crippen molar-refractivity contribution in [2.45, 2.75) is 18.8 Å². The number of fused-ring (bicyclic) bond motifs is 1. The first-order valence-corrected chi connectivity index (χ1v) is 7.88. The Morgan fingerprint density at radius 1 is 1.33 bits per heavy atom. The van der Waals surface area contributed by atoms with Crippen LogP contribution in [0.15, 0.2) is 17.1 Å². The lowest BCUT2D eigenvalue weighted by Crippen LogP contribution is -2.37. The second-order valence-corrected chi connectivity index (χ2v) is 6.10. The number of hydrogen-bond acceptors (Lipinski definition) is 5. The number of aromatic nitrogens is 2. The molecule has 1 aliphatic carbocycles. The summed E-state index contributed by atoms with van der Waals surface area (Å²) in [4.78, 5) is 29.8. The number of ether oxygens (including phenoxy) is 1. The molecule has 24 heavy (non-hydrogen) atoms. The molecule has 3 heterocycles. The molecule has 8 heteroatoms. The first-order chi connectivity index (χ1) is 11.6. The number of halogens is 1. The van der Waals surface area contributed by atoms with Crippen molar-refractivity contribution in [1.29, 1.82) is 0 Å². The van der Waals surface area contributed by atoms with E-state index in [0.29, 0.717) is 37.5 Å². The molecular formula is C16H16FN3O4. The summed E-state index contributed by atoms with van der Waals surface area (Å²) in [5.74, 6) is -1.60. The molecule has 0 unspecified atom stereocenters. The van der Waals surface area contributed by atoms with Crippen LogP contribution in [0.2, 0.25) is 0 Å². The number of anilines is 1. The number of nitrogens with zero attached hydrogens (tertiary/aromatic N) is 3. The number of morpholine rings is 1. The molecule has 0 spiro atoms. The van der Waals surface area contributed by atoms with Crippen molar-refractivity contribution in [3.05, 3.63) is 39.6 Å². The molecule has 1 N–H and O–H groups in total. The third-order valence-electron chi connectivity index (χ3n) is 4.46. The van der Waals surface area contributed by atoms with Gasteiger partial charge in [-0.25, -0.2) is 14.2 Å². The minimum absolute atomic E-state index is 0.175. The lowest BCUT2D eigenvalue weighted by atomic mass is 10.1. The molecule has 2 aromatic heterocycles. The van der Waals surface area contributed by atoms with E-state index in [1.807, 2.05) is 0 Å². The highest BCUT2D eigenvalue weighted by molar-refractivity contribution is 5.88. The van der Waals surface area contributed by atoms with E-state index in [9.17, 15) is 19.1 Å². The summed E-state index contributed by atoms with van der Waals surface area (Å²) < 4.78 is 20.8. The van der Waals surface area contributed by atoms with Crippen LogP contribution >= 0.6 is 0 Å². The Morgan fingerprint density at radius 2 is 2.04 bits per heavy atom. The Kier molecular flexibility index (Phi) is 3.49.